The highest BCUT2D eigenvalue weighted by Crippen LogP contribution is 2.38. The van der Waals surface area contributed by atoms with Crippen LogP contribution >= 0.6 is 23.2 Å². The van der Waals surface area contributed by atoms with Crippen molar-refractivity contribution in [2.75, 3.05) is 6.61 Å². The molecule has 240 valence electrons. The summed E-state index contributed by atoms with van der Waals surface area (Å²) in [4.78, 5) is 11.3. The number of halogens is 2. The van der Waals surface area contributed by atoms with Gasteiger partial charge in [0.15, 0.2) is 4.84 Å². The van der Waals surface area contributed by atoms with Gasteiger partial charge in [-0.05, 0) is 28.3 Å². The Hall–Kier alpha value is -1.63. The molecular weight excluding hydrogens is 593 g/mol. The van der Waals surface area contributed by atoms with Crippen LogP contribution in [-0.2, 0) is 9.22 Å². The van der Waals surface area contributed by atoms with E-state index in [0.29, 0.717) is 0 Å². The minimum Gasteiger partial charge on any atom is -0.399 e. The van der Waals surface area contributed by atoms with E-state index >= 15 is 0 Å². The number of alkyl halides is 2. The first kappa shape index (κ1) is 37.6. The first-order valence-electron chi connectivity index (χ1n) is 16.3. The van der Waals surface area contributed by atoms with Crippen LogP contribution in [0.4, 0.5) is 0 Å². The van der Waals surface area contributed by atoms with Crippen molar-refractivity contribution >= 4 is 47.8 Å². The van der Waals surface area contributed by atoms with E-state index in [0.717, 1.165) is 23.2 Å². The van der Waals surface area contributed by atoms with Gasteiger partial charge in [-0.2, -0.15) is 0 Å². The summed E-state index contributed by atoms with van der Waals surface area (Å²) in [6, 6.07) is 20.0. The first-order valence-corrected chi connectivity index (χ1v) is 19.1. The zero-order valence-electron chi connectivity index (χ0n) is 26.9. The van der Waals surface area contributed by atoms with Gasteiger partial charge in [-0.1, -0.05) is 188 Å². The average Bonchev–Trinajstić information content (AvgIpc) is 3.00. The molecule has 0 spiro atoms. The number of nitrogens with one attached hydrogen (secondary N) is 1. The monoisotopic (exact) mass is 647 g/mol. The Morgan fingerprint density at radius 3 is 1.72 bits per heavy atom. The number of rotatable bonds is 21. The maximum Gasteiger partial charge on any atom is 0.261 e. The topological polar surface area (TPSA) is 58.6 Å². The van der Waals surface area contributed by atoms with Gasteiger partial charge < -0.3 is 14.8 Å². The van der Waals surface area contributed by atoms with Crippen LogP contribution in [0, 0.1) is 0 Å². The van der Waals surface area contributed by atoms with Crippen LogP contribution in [0.25, 0.3) is 0 Å². The van der Waals surface area contributed by atoms with Crippen molar-refractivity contribution in [3.05, 3.63) is 72.8 Å². The van der Waals surface area contributed by atoms with Gasteiger partial charge in [-0.25, -0.2) is 0 Å². The van der Waals surface area contributed by atoms with Crippen molar-refractivity contribution in [3.8, 4) is 0 Å². The van der Waals surface area contributed by atoms with E-state index in [4.69, 9.17) is 27.6 Å². The lowest BCUT2D eigenvalue weighted by Crippen LogP contribution is -2.69. The highest BCUT2D eigenvalue weighted by Gasteiger charge is 2.52. The molecule has 2 atom stereocenters. The van der Waals surface area contributed by atoms with E-state index in [1.54, 1.807) is 0 Å². The number of hydrogen-bond acceptors (Lipinski definition) is 3. The minimum absolute atomic E-state index is 0.261. The molecule has 7 heteroatoms. The molecule has 43 heavy (non-hydrogen) atoms. The molecular formula is C36H55Cl2NO3Si. The van der Waals surface area contributed by atoms with Gasteiger partial charge in [0, 0.05) is 0 Å². The number of aliphatic hydroxyl groups excluding tert-OH is 1. The van der Waals surface area contributed by atoms with Gasteiger partial charge in [0.1, 0.15) is 0 Å². The molecule has 0 aliphatic rings. The molecule has 2 aromatic carbocycles. The van der Waals surface area contributed by atoms with Crippen LogP contribution < -0.4 is 15.7 Å². The van der Waals surface area contributed by atoms with E-state index < -0.39 is 31.2 Å². The molecule has 0 aliphatic heterocycles. The Kier molecular flexibility index (Phi) is 17.8. The smallest absolute Gasteiger partial charge is 0.261 e. The van der Waals surface area contributed by atoms with E-state index in [9.17, 15) is 9.90 Å². The van der Waals surface area contributed by atoms with Gasteiger partial charge >= 0.3 is 0 Å². The second-order valence-corrected chi connectivity index (χ2v) is 17.9. The molecule has 0 saturated carbocycles. The molecule has 4 nitrogen and oxygen atoms in total. The number of carbonyl (C=O) groups excluding carboxylic acids is 1. The Bertz CT molecular complexity index is 1000. The average molecular weight is 649 g/mol. The van der Waals surface area contributed by atoms with Crippen molar-refractivity contribution in [1.29, 1.82) is 0 Å². The molecule has 0 fully saturated rings. The summed E-state index contributed by atoms with van der Waals surface area (Å²) < 4.78 is 7.31. The number of unbranched alkanes of at least 4 members (excludes halogenated alkanes) is 11. The standard InChI is InChI=1S/C36H55Cl2NO3Si/c1-5-6-7-8-9-10-11-12-13-14-15-16-23-28-33(32(29-40)39-35(41)34(37)38)42-43(36(2,3)4,30-24-19-17-20-25-30)31-26-21-18-22-27-31/h17-28,32-34,40H,5-16,29H2,1-4H3,(H,39,41)/b28-23+/t32-,33+/m0/s1. The predicted molar refractivity (Wildman–Crippen MR) is 187 cm³/mol. The largest absolute Gasteiger partial charge is 0.399 e. The number of hydrogen-bond donors (Lipinski definition) is 2. The molecule has 0 heterocycles. The second kappa shape index (κ2) is 20.4. The van der Waals surface area contributed by atoms with Gasteiger partial charge in [0.2, 0.25) is 0 Å². The summed E-state index contributed by atoms with van der Waals surface area (Å²) >= 11 is 11.8. The predicted octanol–water partition coefficient (Wildman–Crippen LogP) is 8.47. The molecule has 2 rings (SSSR count). The van der Waals surface area contributed by atoms with Crippen molar-refractivity contribution in [2.24, 2.45) is 0 Å². The van der Waals surface area contributed by atoms with E-state index in [2.05, 4.69) is 63.4 Å². The zero-order valence-corrected chi connectivity index (χ0v) is 29.4. The third-order valence-corrected chi connectivity index (χ3v) is 13.6. The van der Waals surface area contributed by atoms with Crippen molar-refractivity contribution in [3.63, 3.8) is 0 Å². The summed E-state index contributed by atoms with van der Waals surface area (Å²) in [5, 5.41) is 15.3. The highest BCUT2D eigenvalue weighted by molar-refractivity contribution is 6.99. The van der Waals surface area contributed by atoms with Gasteiger partial charge in [0.05, 0.1) is 18.8 Å². The lowest BCUT2D eigenvalue weighted by molar-refractivity contribution is -0.121. The minimum atomic E-state index is -2.95. The fourth-order valence-electron chi connectivity index (χ4n) is 5.79. The summed E-state index contributed by atoms with van der Waals surface area (Å²) in [6.45, 7) is 8.60. The molecule has 2 aromatic rings. The number of amides is 1. The van der Waals surface area contributed by atoms with Gasteiger partial charge in [0.25, 0.3) is 14.2 Å². The summed E-state index contributed by atoms with van der Waals surface area (Å²) in [5.74, 6) is -0.544. The summed E-state index contributed by atoms with van der Waals surface area (Å²) in [6.07, 6.45) is 18.8. The second-order valence-electron chi connectivity index (χ2n) is 12.6. The molecule has 2 N–H and O–H groups in total. The molecule has 1 amide bonds. The van der Waals surface area contributed by atoms with Crippen LogP contribution in [0.15, 0.2) is 72.8 Å². The van der Waals surface area contributed by atoms with E-state index in [1.807, 2.05) is 42.5 Å². The first-order chi connectivity index (χ1) is 20.7. The third kappa shape index (κ3) is 12.3. The number of carbonyl (C=O) groups is 1. The Morgan fingerprint density at radius 2 is 1.30 bits per heavy atom. The molecule has 0 saturated heterocycles. The summed E-state index contributed by atoms with van der Waals surface area (Å²) in [7, 11) is -2.95. The molecule has 0 aromatic heterocycles. The maximum absolute atomic E-state index is 12.6. The van der Waals surface area contributed by atoms with Crippen LogP contribution in [0.5, 0.6) is 0 Å². The summed E-state index contributed by atoms with van der Waals surface area (Å²) in [5.41, 5.74) is 0. The Morgan fingerprint density at radius 1 is 0.837 bits per heavy atom. The van der Waals surface area contributed by atoms with Crippen LogP contribution in [0.1, 0.15) is 105 Å². The Labute approximate surface area is 272 Å². The number of aliphatic hydroxyl groups is 1. The highest BCUT2D eigenvalue weighted by atomic mass is 35.5. The molecule has 0 radical (unpaired) electrons. The van der Waals surface area contributed by atoms with Crippen LogP contribution in [0.3, 0.4) is 0 Å². The van der Waals surface area contributed by atoms with Crippen molar-refractivity contribution in [1.82, 2.24) is 5.32 Å². The van der Waals surface area contributed by atoms with Crippen molar-refractivity contribution in [2.45, 2.75) is 127 Å². The fraction of sp³-hybridized carbons (Fsp3) is 0.583. The molecule has 0 bridgehead atoms. The Balaban J connectivity index is 2.22. The van der Waals surface area contributed by atoms with Crippen molar-refractivity contribution < 1.29 is 14.3 Å². The van der Waals surface area contributed by atoms with Crippen LogP contribution in [0.2, 0.25) is 5.04 Å². The van der Waals surface area contributed by atoms with Crippen LogP contribution in [-0.4, -0.2) is 42.9 Å². The van der Waals surface area contributed by atoms with Gasteiger partial charge in [-0.3, -0.25) is 4.79 Å². The fourth-order valence-corrected chi connectivity index (χ4v) is 10.6. The lowest BCUT2D eigenvalue weighted by Gasteiger charge is -2.46. The number of benzene rings is 2. The normalized spacial score (nSPS) is 13.9. The third-order valence-electron chi connectivity index (χ3n) is 8.15. The van der Waals surface area contributed by atoms with E-state index in [-0.39, 0.29) is 11.6 Å². The molecule has 0 aliphatic carbocycles. The lowest BCUT2D eigenvalue weighted by atomic mass is 10.0. The molecule has 0 unspecified atom stereocenters. The SMILES string of the molecule is CCCCCCCCCCCCC/C=C/[C@@H](O[Si](c1ccccc1)(c1ccccc1)C(C)(C)C)[C@H](CO)NC(=O)C(Cl)Cl. The van der Waals surface area contributed by atoms with Gasteiger partial charge in [-0.15, -0.1) is 0 Å². The maximum atomic E-state index is 12.6. The number of allylic oxidation sites excluding steroid dienone is 1. The zero-order chi connectivity index (χ0) is 31.6. The quantitative estimate of drug-likeness (QED) is 0.0618. The van der Waals surface area contributed by atoms with E-state index in [1.165, 1.54) is 64.2 Å².